The third kappa shape index (κ3) is 6.46. The zero-order valence-electron chi connectivity index (χ0n) is 18.5. The molecule has 8 nitrogen and oxygen atoms in total. The fourth-order valence-corrected chi connectivity index (χ4v) is 3.66. The smallest absolute Gasteiger partial charge is 0.416 e. The number of amides is 3. The lowest BCUT2D eigenvalue weighted by atomic mass is 9.95. The Morgan fingerprint density at radius 3 is 2.51 bits per heavy atom. The summed E-state index contributed by atoms with van der Waals surface area (Å²) in [6.07, 6.45) is -2.75. The number of carbonyl (C=O) groups excluding carboxylic acids is 3. The van der Waals surface area contributed by atoms with Crippen LogP contribution in [0.2, 0.25) is 0 Å². The molecule has 0 saturated carbocycles. The first-order valence-corrected chi connectivity index (χ1v) is 10.5. The van der Waals surface area contributed by atoms with Crippen LogP contribution in [0.4, 0.5) is 18.0 Å². The Morgan fingerprint density at radius 2 is 1.83 bits per heavy atom. The van der Waals surface area contributed by atoms with E-state index in [1.807, 2.05) is 0 Å². The van der Waals surface area contributed by atoms with Gasteiger partial charge in [-0.1, -0.05) is 42.5 Å². The molecule has 3 N–H and O–H groups in total. The minimum Gasteiger partial charge on any atom is -0.481 e. The molecule has 35 heavy (non-hydrogen) atoms. The highest BCUT2D eigenvalue weighted by Gasteiger charge is 2.34. The zero-order valence-corrected chi connectivity index (χ0v) is 18.5. The van der Waals surface area contributed by atoms with Gasteiger partial charge in [-0.3, -0.25) is 14.4 Å². The minimum absolute atomic E-state index is 0.0455. The molecular formula is C24H22F3N3O5. The molecule has 11 heteroatoms. The van der Waals surface area contributed by atoms with Gasteiger partial charge in [0.1, 0.15) is 0 Å². The lowest BCUT2D eigenvalue weighted by molar-refractivity contribution is -0.138. The molecule has 1 unspecified atom stereocenters. The molecule has 1 heterocycles. The van der Waals surface area contributed by atoms with Crippen LogP contribution < -0.4 is 10.6 Å². The highest BCUT2D eigenvalue weighted by Crippen LogP contribution is 2.33. The van der Waals surface area contributed by atoms with E-state index in [2.05, 4.69) is 10.6 Å². The first kappa shape index (κ1) is 25.5. The lowest BCUT2D eigenvalue weighted by Crippen LogP contribution is -2.55. The Kier molecular flexibility index (Phi) is 7.58. The van der Waals surface area contributed by atoms with Crippen molar-refractivity contribution in [2.75, 3.05) is 7.05 Å². The number of ketones is 1. The first-order valence-electron chi connectivity index (χ1n) is 10.5. The number of carboxylic acid groups (broad SMARTS) is 1. The van der Waals surface area contributed by atoms with E-state index in [4.69, 9.17) is 0 Å². The molecule has 0 aliphatic carbocycles. The van der Waals surface area contributed by atoms with Crippen LogP contribution in [0, 0.1) is 0 Å². The molecule has 0 bridgehead atoms. The second-order valence-electron chi connectivity index (χ2n) is 7.95. The Balaban J connectivity index is 1.80. The number of benzene rings is 2. The summed E-state index contributed by atoms with van der Waals surface area (Å²) in [4.78, 5) is 49.2. The van der Waals surface area contributed by atoms with Crippen molar-refractivity contribution in [3.8, 4) is 0 Å². The summed E-state index contributed by atoms with van der Waals surface area (Å²) in [5.41, 5.74) is 0.0824. The van der Waals surface area contributed by atoms with Gasteiger partial charge in [0.05, 0.1) is 18.0 Å². The van der Waals surface area contributed by atoms with Gasteiger partial charge in [-0.05, 0) is 29.2 Å². The number of urea groups is 1. The number of nitrogens with one attached hydrogen (secondary N) is 2. The molecule has 184 valence electrons. The van der Waals surface area contributed by atoms with Crippen molar-refractivity contribution in [1.82, 2.24) is 15.5 Å². The second-order valence-corrected chi connectivity index (χ2v) is 7.95. The van der Waals surface area contributed by atoms with Crippen LogP contribution in [0.3, 0.4) is 0 Å². The summed E-state index contributed by atoms with van der Waals surface area (Å²) in [5, 5.41) is 14.0. The quantitative estimate of drug-likeness (QED) is 0.517. The third-order valence-corrected chi connectivity index (χ3v) is 5.37. The van der Waals surface area contributed by atoms with Crippen LogP contribution in [0.25, 0.3) is 0 Å². The van der Waals surface area contributed by atoms with Crippen molar-refractivity contribution in [1.29, 1.82) is 0 Å². The summed E-state index contributed by atoms with van der Waals surface area (Å²) in [6.45, 7) is 0. The van der Waals surface area contributed by atoms with Crippen molar-refractivity contribution in [3.05, 3.63) is 83.1 Å². The van der Waals surface area contributed by atoms with E-state index in [-0.39, 0.29) is 12.0 Å². The van der Waals surface area contributed by atoms with E-state index in [1.165, 1.54) is 43.6 Å². The molecule has 0 radical (unpaired) electrons. The number of aliphatic carboxylic acids is 1. The van der Waals surface area contributed by atoms with Crippen molar-refractivity contribution in [2.24, 2.45) is 0 Å². The van der Waals surface area contributed by atoms with E-state index in [9.17, 15) is 37.5 Å². The number of nitrogens with zero attached hydrogens (tertiary/aromatic N) is 1. The molecule has 0 aromatic heterocycles. The fraction of sp³-hybridized carbons (Fsp3) is 0.250. The standard InChI is InChI=1S/C24H22F3N3O5/c1-30-10-9-19(31)21(22(30)34)29-23(35)28-18(13-20(32)33)16-7-4-5-14(12-16)11-15-6-2-3-8-17(15)24(25,26)27/h2-10,12,18,21H,11,13H2,1H3,(H,32,33)(H2,28,29,35)/t18-,21?/m0/s1. The predicted octanol–water partition coefficient (Wildman–Crippen LogP) is 3.03. The molecule has 0 saturated heterocycles. The Labute approximate surface area is 198 Å². The number of rotatable bonds is 7. The van der Waals surface area contributed by atoms with E-state index in [0.717, 1.165) is 17.0 Å². The fourth-order valence-electron chi connectivity index (χ4n) is 3.66. The topological polar surface area (TPSA) is 116 Å². The average molecular weight is 489 g/mol. The van der Waals surface area contributed by atoms with Crippen LogP contribution in [0.15, 0.2) is 60.8 Å². The molecule has 2 atom stereocenters. The largest absolute Gasteiger partial charge is 0.481 e. The third-order valence-electron chi connectivity index (χ3n) is 5.37. The molecular weight excluding hydrogens is 467 g/mol. The minimum atomic E-state index is -4.53. The summed E-state index contributed by atoms with van der Waals surface area (Å²) < 4.78 is 40.0. The van der Waals surface area contributed by atoms with Gasteiger partial charge >= 0.3 is 18.2 Å². The van der Waals surface area contributed by atoms with Crippen LogP contribution in [-0.4, -0.2) is 46.8 Å². The normalized spacial score (nSPS) is 16.7. The Hall–Kier alpha value is -4.15. The molecule has 1 aliphatic heterocycles. The van der Waals surface area contributed by atoms with Crippen molar-refractivity contribution >= 4 is 23.7 Å². The van der Waals surface area contributed by atoms with E-state index < -0.39 is 53.9 Å². The highest BCUT2D eigenvalue weighted by atomic mass is 19.4. The molecule has 0 fully saturated rings. The predicted molar refractivity (Wildman–Crippen MR) is 118 cm³/mol. The molecule has 2 aromatic rings. The summed E-state index contributed by atoms with van der Waals surface area (Å²) in [5.74, 6) is -2.54. The molecule has 2 aromatic carbocycles. The number of halogens is 3. The number of alkyl halides is 3. The summed E-state index contributed by atoms with van der Waals surface area (Å²) >= 11 is 0. The molecule has 1 aliphatic rings. The van der Waals surface area contributed by atoms with Crippen LogP contribution in [-0.2, 0) is 27.0 Å². The van der Waals surface area contributed by atoms with Crippen molar-refractivity contribution in [3.63, 3.8) is 0 Å². The van der Waals surface area contributed by atoms with Gasteiger partial charge in [0.15, 0.2) is 11.8 Å². The van der Waals surface area contributed by atoms with Gasteiger partial charge in [-0.15, -0.1) is 0 Å². The van der Waals surface area contributed by atoms with Gasteiger partial charge in [0, 0.05) is 19.3 Å². The first-order chi connectivity index (χ1) is 16.5. The van der Waals surface area contributed by atoms with Gasteiger partial charge in [-0.25, -0.2) is 4.79 Å². The van der Waals surface area contributed by atoms with Gasteiger partial charge in [0.25, 0.3) is 5.91 Å². The van der Waals surface area contributed by atoms with E-state index in [0.29, 0.717) is 11.1 Å². The highest BCUT2D eigenvalue weighted by molar-refractivity contribution is 6.14. The number of hydrogen-bond donors (Lipinski definition) is 3. The molecule has 3 rings (SSSR count). The maximum absolute atomic E-state index is 13.3. The average Bonchev–Trinajstić information content (AvgIpc) is 2.78. The van der Waals surface area contributed by atoms with Gasteiger partial charge in [0.2, 0.25) is 0 Å². The monoisotopic (exact) mass is 489 g/mol. The SMILES string of the molecule is CN1C=CC(=O)C(NC(=O)N[C@@H](CC(=O)O)c2cccc(Cc3ccccc3C(F)(F)F)c2)C1=O. The second kappa shape index (κ2) is 10.4. The van der Waals surface area contributed by atoms with Crippen LogP contribution in [0.1, 0.15) is 34.7 Å². The van der Waals surface area contributed by atoms with Gasteiger partial charge in [-0.2, -0.15) is 13.2 Å². The van der Waals surface area contributed by atoms with E-state index >= 15 is 0 Å². The van der Waals surface area contributed by atoms with Crippen molar-refractivity contribution < 1.29 is 37.5 Å². The summed E-state index contributed by atoms with van der Waals surface area (Å²) in [6, 6.07) is 7.83. The summed E-state index contributed by atoms with van der Waals surface area (Å²) in [7, 11) is 1.41. The lowest BCUT2D eigenvalue weighted by Gasteiger charge is -2.25. The van der Waals surface area contributed by atoms with Gasteiger partial charge < -0.3 is 20.6 Å². The maximum Gasteiger partial charge on any atom is 0.416 e. The number of carbonyl (C=O) groups is 4. The Morgan fingerprint density at radius 1 is 1.11 bits per heavy atom. The maximum atomic E-state index is 13.3. The van der Waals surface area contributed by atoms with Crippen LogP contribution >= 0.6 is 0 Å². The van der Waals surface area contributed by atoms with Crippen LogP contribution in [0.5, 0.6) is 0 Å². The number of carboxylic acids is 1. The number of hydrogen-bond acceptors (Lipinski definition) is 4. The van der Waals surface area contributed by atoms with Crippen molar-refractivity contribution in [2.45, 2.75) is 31.1 Å². The molecule has 0 spiro atoms. The molecule has 3 amide bonds. The van der Waals surface area contributed by atoms with E-state index in [1.54, 1.807) is 12.1 Å². The Bertz CT molecular complexity index is 1180. The zero-order chi connectivity index (χ0) is 25.8. The number of likely N-dealkylation sites (N-methyl/N-ethyl adjacent to an activating group) is 1.